The molecule has 0 aliphatic heterocycles. The molecule has 0 aromatic carbocycles. The predicted octanol–water partition coefficient (Wildman–Crippen LogP) is 2.55. The van der Waals surface area contributed by atoms with Crippen molar-refractivity contribution in [2.75, 3.05) is 6.54 Å². The molecule has 0 spiro atoms. The van der Waals surface area contributed by atoms with Gasteiger partial charge in [0.05, 0.1) is 0 Å². The molecule has 1 saturated carbocycles. The summed E-state index contributed by atoms with van der Waals surface area (Å²) in [5.41, 5.74) is 6.35. The summed E-state index contributed by atoms with van der Waals surface area (Å²) in [7, 11) is 0. The molecule has 0 unspecified atom stereocenters. The SMILES string of the molecule is CC(C)CC1(CN)CCCC1. The van der Waals surface area contributed by atoms with E-state index in [1.165, 1.54) is 32.1 Å². The van der Waals surface area contributed by atoms with E-state index in [1.54, 1.807) is 0 Å². The maximum atomic E-state index is 5.82. The number of hydrogen-bond acceptors (Lipinski definition) is 1. The topological polar surface area (TPSA) is 26.0 Å². The monoisotopic (exact) mass is 155 g/mol. The van der Waals surface area contributed by atoms with Crippen LogP contribution in [0.2, 0.25) is 0 Å². The molecule has 0 aromatic rings. The van der Waals surface area contributed by atoms with Crippen LogP contribution in [-0.4, -0.2) is 6.54 Å². The van der Waals surface area contributed by atoms with Gasteiger partial charge in [0.15, 0.2) is 0 Å². The van der Waals surface area contributed by atoms with Gasteiger partial charge in [-0.25, -0.2) is 0 Å². The first-order valence-corrected chi connectivity index (χ1v) is 4.89. The van der Waals surface area contributed by atoms with Crippen LogP contribution < -0.4 is 5.73 Å². The predicted molar refractivity (Wildman–Crippen MR) is 49.4 cm³/mol. The normalized spacial score (nSPS) is 22.9. The van der Waals surface area contributed by atoms with Gasteiger partial charge in [-0.3, -0.25) is 0 Å². The molecule has 0 saturated heterocycles. The molecule has 0 heterocycles. The fraction of sp³-hybridized carbons (Fsp3) is 1.00. The van der Waals surface area contributed by atoms with E-state index >= 15 is 0 Å². The van der Waals surface area contributed by atoms with Gasteiger partial charge in [-0.15, -0.1) is 0 Å². The summed E-state index contributed by atoms with van der Waals surface area (Å²) in [5, 5.41) is 0. The molecule has 0 radical (unpaired) electrons. The van der Waals surface area contributed by atoms with Gasteiger partial charge < -0.3 is 5.73 Å². The van der Waals surface area contributed by atoms with E-state index in [1.807, 2.05) is 0 Å². The highest BCUT2D eigenvalue weighted by atomic mass is 14.6. The Labute approximate surface area is 70.4 Å². The van der Waals surface area contributed by atoms with Crippen LogP contribution in [0, 0.1) is 11.3 Å². The molecule has 0 atom stereocenters. The van der Waals surface area contributed by atoms with Gasteiger partial charge in [-0.05, 0) is 37.1 Å². The molecule has 1 heteroatoms. The fourth-order valence-corrected chi connectivity index (χ4v) is 2.48. The minimum atomic E-state index is 0.536. The number of hydrogen-bond donors (Lipinski definition) is 1. The van der Waals surface area contributed by atoms with Crippen LogP contribution in [0.1, 0.15) is 46.0 Å². The Morgan fingerprint density at radius 3 is 2.18 bits per heavy atom. The van der Waals surface area contributed by atoms with Gasteiger partial charge in [0.2, 0.25) is 0 Å². The Hall–Kier alpha value is -0.0400. The van der Waals surface area contributed by atoms with Crippen LogP contribution in [0.15, 0.2) is 0 Å². The zero-order valence-electron chi connectivity index (χ0n) is 7.90. The molecule has 1 nitrogen and oxygen atoms in total. The van der Waals surface area contributed by atoms with Crippen molar-refractivity contribution in [2.45, 2.75) is 46.0 Å². The van der Waals surface area contributed by atoms with Gasteiger partial charge in [0, 0.05) is 0 Å². The van der Waals surface area contributed by atoms with E-state index in [0.29, 0.717) is 5.41 Å². The molecule has 1 aliphatic rings. The van der Waals surface area contributed by atoms with Crippen molar-refractivity contribution in [3.8, 4) is 0 Å². The van der Waals surface area contributed by atoms with Gasteiger partial charge in [-0.2, -0.15) is 0 Å². The molecular weight excluding hydrogens is 134 g/mol. The van der Waals surface area contributed by atoms with Crippen molar-refractivity contribution in [1.29, 1.82) is 0 Å². The first-order valence-electron chi connectivity index (χ1n) is 4.89. The summed E-state index contributed by atoms with van der Waals surface area (Å²) in [6.07, 6.45) is 6.90. The minimum absolute atomic E-state index is 0.536. The molecule has 0 amide bonds. The maximum absolute atomic E-state index is 5.82. The third-order valence-corrected chi connectivity index (χ3v) is 2.94. The fourth-order valence-electron chi connectivity index (χ4n) is 2.48. The summed E-state index contributed by atoms with van der Waals surface area (Å²) >= 11 is 0. The molecule has 2 N–H and O–H groups in total. The van der Waals surface area contributed by atoms with Gasteiger partial charge in [0.1, 0.15) is 0 Å². The average Bonchev–Trinajstić information content (AvgIpc) is 2.36. The highest BCUT2D eigenvalue weighted by molar-refractivity contribution is 4.86. The Bertz CT molecular complexity index is 112. The maximum Gasteiger partial charge on any atom is -0.00204 e. The number of nitrogens with two attached hydrogens (primary N) is 1. The molecule has 0 bridgehead atoms. The first-order chi connectivity index (χ1) is 5.18. The van der Waals surface area contributed by atoms with Crippen molar-refractivity contribution < 1.29 is 0 Å². The second-order valence-corrected chi connectivity index (χ2v) is 4.51. The highest BCUT2D eigenvalue weighted by Gasteiger charge is 2.32. The van der Waals surface area contributed by atoms with E-state index in [9.17, 15) is 0 Å². The van der Waals surface area contributed by atoms with E-state index in [0.717, 1.165) is 12.5 Å². The minimum Gasteiger partial charge on any atom is -0.330 e. The Balaban J connectivity index is 2.45. The molecule has 1 rings (SSSR count). The van der Waals surface area contributed by atoms with Crippen LogP contribution in [-0.2, 0) is 0 Å². The van der Waals surface area contributed by atoms with Gasteiger partial charge in [-0.1, -0.05) is 26.7 Å². The van der Waals surface area contributed by atoms with Crippen LogP contribution in [0.5, 0.6) is 0 Å². The standard InChI is InChI=1S/C10H21N/c1-9(2)7-10(8-11)5-3-4-6-10/h9H,3-8,11H2,1-2H3. The van der Waals surface area contributed by atoms with Crippen molar-refractivity contribution in [1.82, 2.24) is 0 Å². The summed E-state index contributed by atoms with van der Waals surface area (Å²) in [4.78, 5) is 0. The quantitative estimate of drug-likeness (QED) is 0.666. The zero-order valence-corrected chi connectivity index (χ0v) is 7.90. The van der Waals surface area contributed by atoms with E-state index < -0.39 is 0 Å². The lowest BCUT2D eigenvalue weighted by molar-refractivity contribution is 0.244. The summed E-state index contributed by atoms with van der Waals surface area (Å²) in [5.74, 6) is 0.816. The second-order valence-electron chi connectivity index (χ2n) is 4.51. The highest BCUT2D eigenvalue weighted by Crippen LogP contribution is 2.41. The third kappa shape index (κ3) is 2.19. The first kappa shape index (κ1) is 9.05. The Morgan fingerprint density at radius 1 is 1.27 bits per heavy atom. The Kier molecular flexibility index (Phi) is 2.94. The summed E-state index contributed by atoms with van der Waals surface area (Å²) in [6, 6.07) is 0. The van der Waals surface area contributed by atoms with Crippen molar-refractivity contribution in [2.24, 2.45) is 17.1 Å². The molecule has 66 valence electrons. The van der Waals surface area contributed by atoms with Crippen LogP contribution in [0.3, 0.4) is 0 Å². The lowest BCUT2D eigenvalue weighted by Crippen LogP contribution is -2.28. The summed E-state index contributed by atoms with van der Waals surface area (Å²) in [6.45, 7) is 5.51. The zero-order chi connectivity index (χ0) is 8.32. The molecule has 1 fully saturated rings. The molecule has 0 aromatic heterocycles. The second kappa shape index (κ2) is 3.57. The third-order valence-electron chi connectivity index (χ3n) is 2.94. The molecular formula is C10H21N. The number of rotatable bonds is 3. The lowest BCUT2D eigenvalue weighted by Gasteiger charge is -2.28. The summed E-state index contributed by atoms with van der Waals surface area (Å²) < 4.78 is 0. The van der Waals surface area contributed by atoms with E-state index in [-0.39, 0.29) is 0 Å². The van der Waals surface area contributed by atoms with E-state index in [4.69, 9.17) is 5.73 Å². The van der Waals surface area contributed by atoms with Crippen LogP contribution >= 0.6 is 0 Å². The average molecular weight is 155 g/mol. The lowest BCUT2D eigenvalue weighted by atomic mass is 9.79. The van der Waals surface area contributed by atoms with Gasteiger partial charge >= 0.3 is 0 Å². The van der Waals surface area contributed by atoms with Crippen molar-refractivity contribution in [3.05, 3.63) is 0 Å². The largest absolute Gasteiger partial charge is 0.330 e. The van der Waals surface area contributed by atoms with Crippen molar-refractivity contribution >= 4 is 0 Å². The Morgan fingerprint density at radius 2 is 1.82 bits per heavy atom. The smallest absolute Gasteiger partial charge is 0.00204 e. The molecule has 11 heavy (non-hydrogen) atoms. The van der Waals surface area contributed by atoms with E-state index in [2.05, 4.69) is 13.8 Å². The van der Waals surface area contributed by atoms with Crippen molar-refractivity contribution in [3.63, 3.8) is 0 Å². The molecule has 1 aliphatic carbocycles. The van der Waals surface area contributed by atoms with Gasteiger partial charge in [0.25, 0.3) is 0 Å². The van der Waals surface area contributed by atoms with Crippen LogP contribution in [0.25, 0.3) is 0 Å². The van der Waals surface area contributed by atoms with Crippen LogP contribution in [0.4, 0.5) is 0 Å².